The second-order valence-corrected chi connectivity index (χ2v) is 3.37. The van der Waals surface area contributed by atoms with Crippen LogP contribution in [0.5, 0.6) is 0 Å². The highest BCUT2D eigenvalue weighted by molar-refractivity contribution is 5.86. The summed E-state index contributed by atoms with van der Waals surface area (Å²) in [5.74, 6) is -0.330. The van der Waals surface area contributed by atoms with Crippen LogP contribution in [-0.2, 0) is 9.53 Å². The maximum atomic E-state index is 11.6. The molecule has 2 unspecified atom stereocenters. The van der Waals surface area contributed by atoms with E-state index in [0.29, 0.717) is 13.2 Å². The number of amides is 1. The molecule has 2 rings (SSSR count). The van der Waals surface area contributed by atoms with Gasteiger partial charge in [0.05, 0.1) is 19.1 Å². The van der Waals surface area contributed by atoms with Gasteiger partial charge in [-0.15, -0.1) is 0 Å². The Morgan fingerprint density at radius 2 is 2.14 bits per heavy atom. The molecule has 0 radical (unpaired) electrons. The molecule has 1 amide bonds. The molecule has 2 atom stereocenters. The Morgan fingerprint density at radius 1 is 1.43 bits per heavy atom. The fourth-order valence-electron chi connectivity index (χ4n) is 1.46. The molecule has 1 aromatic heterocycles. The van der Waals surface area contributed by atoms with Crippen molar-refractivity contribution < 1.29 is 9.53 Å². The Morgan fingerprint density at radius 3 is 2.71 bits per heavy atom. The number of ether oxygens (including phenoxy) is 1. The van der Waals surface area contributed by atoms with Crippen molar-refractivity contribution in [1.82, 2.24) is 4.68 Å². The van der Waals surface area contributed by atoms with Crippen molar-refractivity contribution in [3.05, 3.63) is 24.5 Å². The van der Waals surface area contributed by atoms with E-state index in [0.717, 1.165) is 0 Å². The Bertz CT molecular complexity index is 310. The van der Waals surface area contributed by atoms with Gasteiger partial charge in [0, 0.05) is 18.4 Å². The minimum absolute atomic E-state index is 0.0915. The third kappa shape index (κ3) is 1.78. The predicted octanol–water partition coefficient (Wildman–Crippen LogP) is -0.468. The molecule has 5 heteroatoms. The van der Waals surface area contributed by atoms with Crippen LogP contribution in [0.15, 0.2) is 24.5 Å². The van der Waals surface area contributed by atoms with Crippen LogP contribution in [0, 0.1) is 5.92 Å². The molecule has 1 fully saturated rings. The second-order valence-electron chi connectivity index (χ2n) is 3.37. The number of carbonyl (C=O) groups excluding carboxylic acids is 1. The lowest BCUT2D eigenvalue weighted by Crippen LogP contribution is -2.39. The molecular formula is C9H13N3O2. The van der Waals surface area contributed by atoms with Gasteiger partial charge in [-0.3, -0.25) is 14.9 Å². The van der Waals surface area contributed by atoms with Gasteiger partial charge in [0.2, 0.25) is 5.91 Å². The highest BCUT2D eigenvalue weighted by atomic mass is 16.5. The number of carbonyl (C=O) groups is 1. The van der Waals surface area contributed by atoms with Crippen molar-refractivity contribution >= 4 is 5.91 Å². The van der Waals surface area contributed by atoms with E-state index in [1.807, 2.05) is 12.1 Å². The van der Waals surface area contributed by atoms with E-state index in [4.69, 9.17) is 10.5 Å². The fraction of sp³-hybridized carbons (Fsp3) is 0.444. The Hall–Kier alpha value is -1.33. The van der Waals surface area contributed by atoms with E-state index in [2.05, 4.69) is 5.43 Å². The third-order valence-corrected chi connectivity index (χ3v) is 2.31. The lowest BCUT2D eigenvalue weighted by molar-refractivity contribution is -0.121. The van der Waals surface area contributed by atoms with Gasteiger partial charge in [-0.1, -0.05) is 0 Å². The summed E-state index contributed by atoms with van der Waals surface area (Å²) in [4.78, 5) is 11.6. The molecule has 0 aliphatic carbocycles. The average molecular weight is 195 g/mol. The molecule has 1 aliphatic heterocycles. The molecule has 0 spiro atoms. The van der Waals surface area contributed by atoms with Gasteiger partial charge in [-0.25, -0.2) is 0 Å². The highest BCUT2D eigenvalue weighted by Gasteiger charge is 2.31. The van der Waals surface area contributed by atoms with Gasteiger partial charge in [0.25, 0.3) is 0 Å². The molecule has 76 valence electrons. The number of hydrogen-bond donors (Lipinski definition) is 2. The molecule has 0 saturated carbocycles. The summed E-state index contributed by atoms with van der Waals surface area (Å²) >= 11 is 0. The SMILES string of the molecule is NC1COCC1C(=O)Nn1cccc1. The monoisotopic (exact) mass is 195 g/mol. The normalized spacial score (nSPS) is 26.4. The van der Waals surface area contributed by atoms with Crippen LogP contribution in [0.25, 0.3) is 0 Å². The minimum Gasteiger partial charge on any atom is -0.379 e. The summed E-state index contributed by atoms with van der Waals surface area (Å²) < 4.78 is 6.72. The first kappa shape index (κ1) is 9.23. The molecule has 3 N–H and O–H groups in total. The zero-order chi connectivity index (χ0) is 9.97. The van der Waals surface area contributed by atoms with Crippen LogP contribution in [0.1, 0.15) is 0 Å². The largest absolute Gasteiger partial charge is 0.379 e. The third-order valence-electron chi connectivity index (χ3n) is 2.31. The van der Waals surface area contributed by atoms with Crippen molar-refractivity contribution in [2.24, 2.45) is 11.7 Å². The van der Waals surface area contributed by atoms with E-state index in [-0.39, 0.29) is 17.9 Å². The molecule has 0 bridgehead atoms. The van der Waals surface area contributed by atoms with Gasteiger partial charge in [0.15, 0.2) is 0 Å². The van der Waals surface area contributed by atoms with E-state index in [1.165, 1.54) is 0 Å². The van der Waals surface area contributed by atoms with Crippen LogP contribution in [0.2, 0.25) is 0 Å². The lowest BCUT2D eigenvalue weighted by atomic mass is 10.0. The van der Waals surface area contributed by atoms with Gasteiger partial charge in [-0.2, -0.15) is 0 Å². The summed E-state index contributed by atoms with van der Waals surface area (Å²) in [6, 6.07) is 3.49. The zero-order valence-corrected chi connectivity index (χ0v) is 7.72. The molecule has 1 aromatic rings. The fourth-order valence-corrected chi connectivity index (χ4v) is 1.46. The standard InChI is InChI=1S/C9H13N3O2/c10-8-6-14-5-7(8)9(13)11-12-3-1-2-4-12/h1-4,7-8H,5-6,10H2,(H,11,13). The Balaban J connectivity index is 1.95. The van der Waals surface area contributed by atoms with Gasteiger partial charge < -0.3 is 10.5 Å². The van der Waals surface area contributed by atoms with Crippen LogP contribution in [0.4, 0.5) is 0 Å². The summed E-state index contributed by atoms with van der Waals surface area (Å²) in [6.07, 6.45) is 3.53. The van der Waals surface area contributed by atoms with Crippen LogP contribution < -0.4 is 11.2 Å². The smallest absolute Gasteiger partial charge is 0.245 e. The summed E-state index contributed by atoms with van der Waals surface area (Å²) in [7, 11) is 0. The van der Waals surface area contributed by atoms with Gasteiger partial charge in [-0.05, 0) is 12.1 Å². The van der Waals surface area contributed by atoms with Crippen LogP contribution >= 0.6 is 0 Å². The number of nitrogens with zero attached hydrogens (tertiary/aromatic N) is 1. The van der Waals surface area contributed by atoms with Crippen molar-refractivity contribution in [1.29, 1.82) is 0 Å². The maximum absolute atomic E-state index is 11.6. The molecule has 0 aromatic carbocycles. The highest BCUT2D eigenvalue weighted by Crippen LogP contribution is 2.11. The molecule has 1 saturated heterocycles. The average Bonchev–Trinajstić information content (AvgIpc) is 2.75. The molecule has 1 aliphatic rings. The number of hydrogen-bond acceptors (Lipinski definition) is 3. The summed E-state index contributed by atoms with van der Waals surface area (Å²) in [5, 5.41) is 0. The number of aromatic nitrogens is 1. The van der Waals surface area contributed by atoms with Crippen molar-refractivity contribution in [3.63, 3.8) is 0 Å². The van der Waals surface area contributed by atoms with E-state index in [1.54, 1.807) is 17.1 Å². The van der Waals surface area contributed by atoms with Crippen molar-refractivity contribution in [2.45, 2.75) is 6.04 Å². The number of nitrogens with one attached hydrogen (secondary N) is 1. The molecule has 2 heterocycles. The minimum atomic E-state index is -0.239. The molecule has 14 heavy (non-hydrogen) atoms. The number of nitrogens with two attached hydrogens (primary N) is 1. The molecule has 5 nitrogen and oxygen atoms in total. The van der Waals surface area contributed by atoms with Gasteiger partial charge >= 0.3 is 0 Å². The maximum Gasteiger partial charge on any atom is 0.245 e. The first-order valence-corrected chi connectivity index (χ1v) is 4.54. The summed E-state index contributed by atoms with van der Waals surface area (Å²) in [6.45, 7) is 0.873. The first-order valence-electron chi connectivity index (χ1n) is 4.54. The van der Waals surface area contributed by atoms with E-state index >= 15 is 0 Å². The van der Waals surface area contributed by atoms with Crippen molar-refractivity contribution in [2.75, 3.05) is 18.6 Å². The lowest BCUT2D eigenvalue weighted by Gasteiger charge is -2.13. The Labute approximate surface area is 81.8 Å². The van der Waals surface area contributed by atoms with E-state index < -0.39 is 0 Å². The van der Waals surface area contributed by atoms with Crippen LogP contribution in [-0.4, -0.2) is 29.8 Å². The quantitative estimate of drug-likeness (QED) is 0.670. The van der Waals surface area contributed by atoms with Crippen molar-refractivity contribution in [3.8, 4) is 0 Å². The molecular weight excluding hydrogens is 182 g/mol. The topological polar surface area (TPSA) is 69.3 Å². The van der Waals surface area contributed by atoms with Crippen LogP contribution in [0.3, 0.4) is 0 Å². The second kappa shape index (κ2) is 3.81. The first-order chi connectivity index (χ1) is 6.77. The van der Waals surface area contributed by atoms with E-state index in [9.17, 15) is 4.79 Å². The summed E-state index contributed by atoms with van der Waals surface area (Å²) in [5.41, 5.74) is 8.43. The zero-order valence-electron chi connectivity index (χ0n) is 7.72. The Kier molecular flexibility index (Phi) is 2.51. The van der Waals surface area contributed by atoms with Gasteiger partial charge in [0.1, 0.15) is 0 Å². The predicted molar refractivity (Wildman–Crippen MR) is 51.1 cm³/mol. The number of rotatable bonds is 2.